The molecule has 0 radical (unpaired) electrons. The van der Waals surface area contributed by atoms with Crippen LogP contribution in [-0.4, -0.2) is 27.7 Å². The van der Waals surface area contributed by atoms with Gasteiger partial charge in [0.1, 0.15) is 23.3 Å². The average Bonchev–Trinajstić information content (AvgIpc) is 3.02. The number of H-pyrrole nitrogens is 1. The first-order valence-corrected chi connectivity index (χ1v) is 6.37. The molecule has 8 nitrogen and oxygen atoms in total. The maximum atomic E-state index is 9.24. The minimum atomic E-state index is 0.160. The number of rotatable bonds is 4. The summed E-state index contributed by atoms with van der Waals surface area (Å²) in [5.74, 6) is 0.571. The van der Waals surface area contributed by atoms with Crippen molar-refractivity contribution in [1.82, 2.24) is 20.6 Å². The zero-order valence-corrected chi connectivity index (χ0v) is 12.3. The lowest BCUT2D eigenvalue weighted by Gasteiger charge is -2.10. The molecular weight excluding hydrogens is 338 g/mol. The number of hydrogen-bond donors (Lipinski definition) is 2. The molecule has 0 atom stereocenters. The smallest absolute Gasteiger partial charge is 0.216 e. The van der Waals surface area contributed by atoms with Crippen LogP contribution in [0.4, 0.5) is 5.69 Å². The number of allylic oxidation sites excluding steroid dienone is 1. The van der Waals surface area contributed by atoms with E-state index in [1.54, 1.807) is 12.1 Å². The molecule has 0 saturated carbocycles. The summed E-state index contributed by atoms with van der Waals surface area (Å²) in [6, 6.07) is 7.42. The van der Waals surface area contributed by atoms with Gasteiger partial charge in [-0.2, -0.15) is 15.7 Å². The predicted octanol–water partition coefficient (Wildman–Crippen LogP) is 1.82. The first-order chi connectivity index (χ1) is 10.2. The van der Waals surface area contributed by atoms with Crippen molar-refractivity contribution in [2.45, 2.75) is 0 Å². The summed E-state index contributed by atoms with van der Waals surface area (Å²) >= 11 is 3.30. The van der Waals surface area contributed by atoms with Gasteiger partial charge < -0.3 is 10.1 Å². The largest absolute Gasteiger partial charge is 0.494 e. The van der Waals surface area contributed by atoms with Crippen LogP contribution in [0.5, 0.6) is 5.75 Å². The third-order valence-corrected chi connectivity index (χ3v) is 3.13. The number of benzene rings is 1. The number of ether oxygens (including phenoxy) is 1. The molecule has 0 aliphatic rings. The number of tetrazole rings is 1. The number of nitriles is 2. The Labute approximate surface area is 128 Å². The van der Waals surface area contributed by atoms with Crippen molar-refractivity contribution >= 4 is 27.2 Å². The molecule has 0 saturated heterocycles. The zero-order chi connectivity index (χ0) is 15.2. The third-order valence-electron chi connectivity index (χ3n) is 2.50. The Morgan fingerprint density at radius 3 is 2.86 bits per heavy atom. The second kappa shape index (κ2) is 6.50. The molecule has 0 fully saturated rings. The first kappa shape index (κ1) is 14.5. The lowest BCUT2D eigenvalue weighted by Crippen LogP contribution is -1.98. The molecule has 0 bridgehead atoms. The van der Waals surface area contributed by atoms with E-state index in [1.807, 2.05) is 6.07 Å². The minimum Gasteiger partial charge on any atom is -0.494 e. The number of nitrogens with one attached hydrogen (secondary N) is 2. The summed E-state index contributed by atoms with van der Waals surface area (Å²) in [5.41, 5.74) is 0.983. The van der Waals surface area contributed by atoms with Crippen molar-refractivity contribution in [3.05, 3.63) is 34.2 Å². The Balaban J connectivity index is 2.37. The number of aromatic nitrogens is 4. The van der Waals surface area contributed by atoms with Crippen LogP contribution in [-0.2, 0) is 0 Å². The van der Waals surface area contributed by atoms with E-state index in [9.17, 15) is 5.26 Å². The molecule has 1 heterocycles. The van der Waals surface area contributed by atoms with Crippen molar-refractivity contribution in [3.63, 3.8) is 0 Å². The second-order valence-corrected chi connectivity index (χ2v) is 4.52. The number of hydrogen-bond acceptors (Lipinski definition) is 7. The molecule has 0 aliphatic carbocycles. The van der Waals surface area contributed by atoms with Gasteiger partial charge in [0.2, 0.25) is 5.82 Å². The molecule has 1 aromatic carbocycles. The third kappa shape index (κ3) is 2.99. The fraction of sp³-hybridized carbons (Fsp3) is 0.0833. The summed E-state index contributed by atoms with van der Waals surface area (Å²) in [4.78, 5) is 0. The summed E-state index contributed by atoms with van der Waals surface area (Å²) in [7, 11) is 1.47. The maximum absolute atomic E-state index is 9.24. The molecule has 0 spiro atoms. The van der Waals surface area contributed by atoms with E-state index in [2.05, 4.69) is 47.9 Å². The number of nitrogens with zero attached hydrogens (tertiary/aromatic N) is 5. The Bertz CT molecular complexity index is 755. The Hall–Kier alpha value is -2.91. The monoisotopic (exact) mass is 345 g/mol. The van der Waals surface area contributed by atoms with Crippen LogP contribution in [0.3, 0.4) is 0 Å². The quantitative estimate of drug-likeness (QED) is 0.809. The Kier molecular flexibility index (Phi) is 4.49. The summed E-state index contributed by atoms with van der Waals surface area (Å²) in [6.45, 7) is 0. The van der Waals surface area contributed by atoms with Gasteiger partial charge in [0, 0.05) is 6.20 Å². The van der Waals surface area contributed by atoms with E-state index in [1.165, 1.54) is 13.3 Å². The van der Waals surface area contributed by atoms with E-state index >= 15 is 0 Å². The highest BCUT2D eigenvalue weighted by atomic mass is 79.9. The summed E-state index contributed by atoms with van der Waals surface area (Å²) in [5, 5.41) is 34.3. The minimum absolute atomic E-state index is 0.160. The van der Waals surface area contributed by atoms with Crippen LogP contribution in [0.2, 0.25) is 0 Å². The van der Waals surface area contributed by atoms with Gasteiger partial charge in [0.15, 0.2) is 5.75 Å². The molecule has 21 heavy (non-hydrogen) atoms. The number of anilines is 1. The van der Waals surface area contributed by atoms with Gasteiger partial charge in [-0.05, 0) is 33.3 Å². The normalized spacial score (nSPS) is 10.6. The molecule has 9 heteroatoms. The zero-order valence-electron chi connectivity index (χ0n) is 10.8. The molecule has 1 aromatic heterocycles. The molecule has 2 aromatic rings. The molecule has 2 N–H and O–H groups in total. The summed E-state index contributed by atoms with van der Waals surface area (Å²) < 4.78 is 5.84. The van der Waals surface area contributed by atoms with Crippen LogP contribution in [0, 0.1) is 22.7 Å². The first-order valence-electron chi connectivity index (χ1n) is 5.58. The van der Waals surface area contributed by atoms with E-state index in [0.717, 1.165) is 0 Å². The van der Waals surface area contributed by atoms with E-state index in [4.69, 9.17) is 10.00 Å². The topological polar surface area (TPSA) is 123 Å². The lowest BCUT2D eigenvalue weighted by molar-refractivity contribution is 0.411. The van der Waals surface area contributed by atoms with Gasteiger partial charge in [-0.1, -0.05) is 0 Å². The molecule has 0 amide bonds. The van der Waals surface area contributed by atoms with Gasteiger partial charge in [0.25, 0.3) is 0 Å². The second-order valence-electron chi connectivity index (χ2n) is 3.66. The van der Waals surface area contributed by atoms with E-state index in [-0.39, 0.29) is 11.4 Å². The number of aromatic amines is 1. The van der Waals surface area contributed by atoms with Gasteiger partial charge in [-0.3, -0.25) is 0 Å². The van der Waals surface area contributed by atoms with Crippen LogP contribution in [0.15, 0.2) is 22.8 Å². The van der Waals surface area contributed by atoms with Gasteiger partial charge in [0.05, 0.1) is 17.3 Å². The van der Waals surface area contributed by atoms with Gasteiger partial charge in [-0.25, -0.2) is 0 Å². The van der Waals surface area contributed by atoms with E-state index in [0.29, 0.717) is 21.5 Å². The number of methoxy groups -OCH3 is 1. The van der Waals surface area contributed by atoms with Crippen molar-refractivity contribution in [2.24, 2.45) is 0 Å². The van der Waals surface area contributed by atoms with Crippen LogP contribution < -0.4 is 10.1 Å². The van der Waals surface area contributed by atoms with Crippen molar-refractivity contribution < 1.29 is 4.74 Å². The standard InChI is InChI=1S/C12H8BrN7O/c1-21-11-8(5-15)10(3-2-9(11)13)16-6-7(4-14)12-17-19-20-18-12/h2-3,6,16H,1H3,(H,17,18,19,20). The fourth-order valence-electron chi connectivity index (χ4n) is 1.56. The lowest BCUT2D eigenvalue weighted by atomic mass is 10.1. The highest BCUT2D eigenvalue weighted by Gasteiger charge is 2.13. The molecule has 0 unspecified atom stereocenters. The molecule has 104 valence electrons. The average molecular weight is 346 g/mol. The fourth-order valence-corrected chi connectivity index (χ4v) is 2.05. The van der Waals surface area contributed by atoms with Gasteiger partial charge >= 0.3 is 0 Å². The Morgan fingerprint density at radius 2 is 2.29 bits per heavy atom. The predicted molar refractivity (Wildman–Crippen MR) is 76.8 cm³/mol. The molecular formula is C12H8BrN7O. The van der Waals surface area contributed by atoms with Gasteiger partial charge in [-0.15, -0.1) is 10.2 Å². The Morgan fingerprint density at radius 1 is 1.48 bits per heavy atom. The molecule has 2 rings (SSSR count). The maximum Gasteiger partial charge on any atom is 0.216 e. The SMILES string of the molecule is COc1c(Br)ccc(NC=C(C#N)c2nn[nH]n2)c1C#N. The number of halogens is 1. The van der Waals surface area contributed by atoms with Crippen LogP contribution in [0.25, 0.3) is 5.57 Å². The van der Waals surface area contributed by atoms with Crippen molar-refractivity contribution in [2.75, 3.05) is 12.4 Å². The van der Waals surface area contributed by atoms with Crippen LogP contribution in [0.1, 0.15) is 11.4 Å². The van der Waals surface area contributed by atoms with Crippen molar-refractivity contribution in [1.29, 1.82) is 10.5 Å². The van der Waals surface area contributed by atoms with E-state index < -0.39 is 0 Å². The van der Waals surface area contributed by atoms with Crippen LogP contribution >= 0.6 is 15.9 Å². The highest BCUT2D eigenvalue weighted by molar-refractivity contribution is 9.10. The van der Waals surface area contributed by atoms with Crippen molar-refractivity contribution in [3.8, 4) is 17.9 Å². The summed E-state index contributed by atoms with van der Waals surface area (Å²) in [6.07, 6.45) is 1.40. The highest BCUT2D eigenvalue weighted by Crippen LogP contribution is 2.33. The molecule has 0 aliphatic heterocycles.